The lowest BCUT2D eigenvalue weighted by molar-refractivity contribution is -0.156. The molecule has 0 bridgehead atoms. The second kappa shape index (κ2) is 12.1. The van der Waals surface area contributed by atoms with Gasteiger partial charge in [0.05, 0.1) is 52.7 Å². The lowest BCUT2D eigenvalue weighted by Gasteiger charge is -2.36. The van der Waals surface area contributed by atoms with Crippen LogP contribution in [0.3, 0.4) is 0 Å². The van der Waals surface area contributed by atoms with Gasteiger partial charge in [-0.3, -0.25) is 4.79 Å². The molecule has 0 aliphatic carbocycles. The Bertz CT molecular complexity index is 384. The van der Waals surface area contributed by atoms with Crippen LogP contribution in [0, 0.1) is 0 Å². The minimum Gasteiger partial charge on any atom is -0.460 e. The van der Waals surface area contributed by atoms with Crippen LogP contribution < -0.4 is 0 Å². The Morgan fingerprint density at radius 2 is 1.15 bits per heavy atom. The van der Waals surface area contributed by atoms with Gasteiger partial charge in [-0.25, -0.2) is 0 Å². The summed E-state index contributed by atoms with van der Waals surface area (Å²) in [7, 11) is -1.68. The molecule has 0 aromatic carbocycles. The summed E-state index contributed by atoms with van der Waals surface area (Å²) in [5.74, 6) is -0.244. The Hall–Kier alpha value is -0.473. The maximum atomic E-state index is 11.5. The van der Waals surface area contributed by atoms with Gasteiger partial charge in [-0.05, 0) is 38.9 Å². The summed E-state index contributed by atoms with van der Waals surface area (Å²) in [6.07, 6.45) is 0.259. The van der Waals surface area contributed by atoms with E-state index in [1.807, 2.05) is 20.8 Å². The molecule has 0 rings (SSSR count). The number of carbonyl (C=O) groups excluding carboxylic acids is 1. The molecule has 0 heterocycles. The lowest BCUT2D eigenvalue weighted by atomic mass is 10.2. The molecule has 26 heavy (non-hydrogen) atoms. The summed E-state index contributed by atoms with van der Waals surface area (Å²) in [4.78, 5) is 11.5. The first kappa shape index (κ1) is 25.5. The van der Waals surface area contributed by atoms with Crippen molar-refractivity contribution in [3.8, 4) is 0 Å². The second-order valence-corrected chi connectivity index (χ2v) is 13.6. The molecule has 0 aliphatic heterocycles. The molecular formula is C19H40O6Si. The van der Waals surface area contributed by atoms with Gasteiger partial charge in [-0.15, -0.1) is 0 Å². The minimum atomic E-state index is -1.68. The van der Waals surface area contributed by atoms with Gasteiger partial charge in [0.15, 0.2) is 8.32 Å². The van der Waals surface area contributed by atoms with Crippen molar-refractivity contribution < 1.29 is 28.2 Å². The van der Waals surface area contributed by atoms with Crippen LogP contribution in [-0.4, -0.2) is 66.1 Å². The highest BCUT2D eigenvalue weighted by molar-refractivity contribution is 6.74. The molecule has 0 aromatic heterocycles. The number of esters is 1. The normalized spacial score (nSPS) is 13.1. The fourth-order valence-electron chi connectivity index (χ4n) is 1.66. The number of hydrogen-bond donors (Lipinski definition) is 0. The Labute approximate surface area is 161 Å². The van der Waals surface area contributed by atoms with Gasteiger partial charge < -0.3 is 23.4 Å². The van der Waals surface area contributed by atoms with Crippen LogP contribution in [0.5, 0.6) is 0 Å². The van der Waals surface area contributed by atoms with Crippen LogP contribution >= 0.6 is 0 Å². The van der Waals surface area contributed by atoms with E-state index in [4.69, 9.17) is 23.4 Å². The van der Waals surface area contributed by atoms with Crippen LogP contribution in [0.4, 0.5) is 0 Å². The van der Waals surface area contributed by atoms with Gasteiger partial charge >= 0.3 is 5.97 Å². The van der Waals surface area contributed by atoms with Gasteiger partial charge in [-0.2, -0.15) is 0 Å². The third-order valence-electron chi connectivity index (χ3n) is 4.11. The van der Waals surface area contributed by atoms with Crippen molar-refractivity contribution in [1.29, 1.82) is 0 Å². The molecule has 0 aliphatic rings. The van der Waals surface area contributed by atoms with E-state index in [0.717, 1.165) is 0 Å². The monoisotopic (exact) mass is 392 g/mol. The predicted octanol–water partition coefficient (Wildman–Crippen LogP) is 3.79. The summed E-state index contributed by atoms with van der Waals surface area (Å²) in [5.41, 5.74) is -0.448. The molecule has 0 fully saturated rings. The SMILES string of the molecule is CC(C)(C)OC(=O)CCOCCOCCOCCO[Si](C)(C)C(C)(C)C. The van der Waals surface area contributed by atoms with Crippen molar-refractivity contribution in [3.05, 3.63) is 0 Å². The zero-order valence-corrected chi connectivity index (χ0v) is 19.1. The van der Waals surface area contributed by atoms with Crippen molar-refractivity contribution in [2.24, 2.45) is 0 Å². The van der Waals surface area contributed by atoms with E-state index in [-0.39, 0.29) is 17.4 Å². The van der Waals surface area contributed by atoms with Crippen molar-refractivity contribution in [2.45, 2.75) is 71.7 Å². The average Bonchev–Trinajstić information content (AvgIpc) is 2.45. The topological polar surface area (TPSA) is 63.2 Å². The maximum absolute atomic E-state index is 11.5. The van der Waals surface area contributed by atoms with Gasteiger partial charge in [-0.1, -0.05) is 20.8 Å². The van der Waals surface area contributed by atoms with Crippen molar-refractivity contribution in [2.75, 3.05) is 46.2 Å². The van der Waals surface area contributed by atoms with E-state index in [0.29, 0.717) is 46.2 Å². The molecule has 0 aromatic rings. The van der Waals surface area contributed by atoms with E-state index in [1.54, 1.807) is 0 Å². The van der Waals surface area contributed by atoms with Crippen LogP contribution in [0.2, 0.25) is 18.1 Å². The van der Waals surface area contributed by atoms with Crippen LogP contribution in [-0.2, 0) is 28.2 Å². The smallest absolute Gasteiger partial charge is 0.308 e. The Balaban J connectivity index is 3.41. The third kappa shape index (κ3) is 13.7. The van der Waals surface area contributed by atoms with Gasteiger partial charge in [0.25, 0.3) is 0 Å². The Morgan fingerprint density at radius 3 is 1.58 bits per heavy atom. The largest absolute Gasteiger partial charge is 0.460 e. The number of hydrogen-bond acceptors (Lipinski definition) is 6. The van der Waals surface area contributed by atoms with Gasteiger partial charge in [0, 0.05) is 0 Å². The van der Waals surface area contributed by atoms with Crippen LogP contribution in [0.25, 0.3) is 0 Å². The van der Waals surface area contributed by atoms with Gasteiger partial charge in [0.1, 0.15) is 5.60 Å². The molecule has 0 amide bonds. The Kier molecular flexibility index (Phi) is 11.9. The highest BCUT2D eigenvalue weighted by Crippen LogP contribution is 2.36. The average molecular weight is 393 g/mol. The molecule has 0 atom stereocenters. The van der Waals surface area contributed by atoms with E-state index in [1.165, 1.54) is 0 Å². The molecule has 0 radical (unpaired) electrons. The predicted molar refractivity (Wildman–Crippen MR) is 106 cm³/mol. The first-order chi connectivity index (χ1) is 11.9. The zero-order chi connectivity index (χ0) is 20.3. The summed E-state index contributed by atoms with van der Waals surface area (Å²) in [5, 5.41) is 0.222. The molecule has 156 valence electrons. The molecule has 7 heteroatoms. The van der Waals surface area contributed by atoms with Crippen molar-refractivity contribution >= 4 is 14.3 Å². The molecule has 0 saturated carbocycles. The lowest BCUT2D eigenvalue weighted by Crippen LogP contribution is -2.41. The van der Waals surface area contributed by atoms with Crippen molar-refractivity contribution in [1.82, 2.24) is 0 Å². The van der Waals surface area contributed by atoms with E-state index >= 15 is 0 Å². The fraction of sp³-hybridized carbons (Fsp3) is 0.947. The van der Waals surface area contributed by atoms with Crippen LogP contribution in [0.1, 0.15) is 48.0 Å². The summed E-state index contributed by atoms with van der Waals surface area (Å²) in [6.45, 7) is 20.3. The molecule has 6 nitrogen and oxygen atoms in total. The van der Waals surface area contributed by atoms with Crippen molar-refractivity contribution in [3.63, 3.8) is 0 Å². The molecule has 0 spiro atoms. The third-order valence-corrected chi connectivity index (χ3v) is 8.65. The molecule has 0 N–H and O–H groups in total. The fourth-order valence-corrected chi connectivity index (χ4v) is 2.69. The summed E-state index contributed by atoms with van der Waals surface area (Å²) in [6, 6.07) is 0. The van der Waals surface area contributed by atoms with E-state index in [9.17, 15) is 4.79 Å². The standard InChI is InChI=1S/C19H40O6Si/c1-18(2,3)25-17(20)9-10-21-11-12-22-13-14-23-15-16-24-26(7,8)19(4,5)6/h9-16H2,1-8H3. The number of carbonyl (C=O) groups is 1. The van der Waals surface area contributed by atoms with E-state index in [2.05, 4.69) is 33.9 Å². The zero-order valence-electron chi connectivity index (χ0n) is 18.1. The highest BCUT2D eigenvalue weighted by Gasteiger charge is 2.36. The number of ether oxygens (including phenoxy) is 4. The summed E-state index contributed by atoms with van der Waals surface area (Å²) < 4.78 is 27.5. The first-order valence-electron chi connectivity index (χ1n) is 9.44. The molecule has 0 unspecified atom stereocenters. The molecule has 0 saturated heterocycles. The Morgan fingerprint density at radius 1 is 0.731 bits per heavy atom. The first-order valence-corrected chi connectivity index (χ1v) is 12.3. The van der Waals surface area contributed by atoms with E-state index < -0.39 is 13.9 Å². The molecular weight excluding hydrogens is 352 g/mol. The minimum absolute atomic E-state index is 0.222. The number of rotatable bonds is 13. The quantitative estimate of drug-likeness (QED) is 0.270. The second-order valence-electron chi connectivity index (χ2n) is 8.78. The highest BCUT2D eigenvalue weighted by atomic mass is 28.4. The van der Waals surface area contributed by atoms with Gasteiger partial charge in [0.2, 0.25) is 0 Å². The van der Waals surface area contributed by atoms with Crippen LogP contribution in [0.15, 0.2) is 0 Å². The maximum Gasteiger partial charge on any atom is 0.308 e. The summed E-state index contributed by atoms with van der Waals surface area (Å²) >= 11 is 0.